The third-order valence-corrected chi connectivity index (χ3v) is 19.0. The van der Waals surface area contributed by atoms with Gasteiger partial charge in [-0.2, -0.15) is 5.26 Å². The first-order chi connectivity index (χ1) is 25.7. The van der Waals surface area contributed by atoms with Gasteiger partial charge in [-0.3, -0.25) is 4.90 Å². The number of nitrogens with zero attached hydrogens (tertiary/aromatic N) is 2. The highest BCUT2D eigenvalue weighted by atomic mass is 32.2. The van der Waals surface area contributed by atoms with Gasteiger partial charge in [0.2, 0.25) is 0 Å². The zero-order valence-corrected chi connectivity index (χ0v) is 33.3. The summed E-state index contributed by atoms with van der Waals surface area (Å²) in [5.74, 6) is 5.85. The normalized spacial score (nSPS) is 38.9. The zero-order chi connectivity index (χ0) is 34.6. The van der Waals surface area contributed by atoms with Gasteiger partial charge in [-0.25, -0.2) is 0 Å². The van der Waals surface area contributed by atoms with Crippen molar-refractivity contribution in [3.63, 3.8) is 0 Å². The molecule has 6 atom stereocenters. The van der Waals surface area contributed by atoms with Crippen molar-refractivity contribution in [2.24, 2.45) is 29.6 Å². The number of hydrogen-bond acceptors (Lipinski definition) is 5. The van der Waals surface area contributed by atoms with E-state index in [0.717, 1.165) is 65.9 Å². The number of furan rings is 1. The minimum absolute atomic E-state index is 0.146. The van der Waals surface area contributed by atoms with Gasteiger partial charge in [0.25, 0.3) is 0 Å². The fourth-order valence-corrected chi connectivity index (χ4v) is 16.3. The van der Waals surface area contributed by atoms with Gasteiger partial charge in [0.1, 0.15) is 11.5 Å². The molecule has 1 aromatic rings. The minimum atomic E-state index is 0.146. The van der Waals surface area contributed by atoms with Crippen molar-refractivity contribution in [3.8, 4) is 6.07 Å². The molecule has 5 heteroatoms. The molecule has 10 rings (SSSR count). The van der Waals surface area contributed by atoms with Crippen LogP contribution in [0.2, 0.25) is 0 Å². The average Bonchev–Trinajstić information content (AvgIpc) is 3.93. The second-order valence-corrected chi connectivity index (χ2v) is 21.3. The van der Waals surface area contributed by atoms with Crippen molar-refractivity contribution in [2.45, 2.75) is 183 Å². The molecule has 2 fully saturated rings. The summed E-state index contributed by atoms with van der Waals surface area (Å²) in [5.41, 5.74) is 6.58. The lowest BCUT2D eigenvalue weighted by molar-refractivity contribution is 0.0306. The third kappa shape index (κ3) is 6.80. The van der Waals surface area contributed by atoms with Crippen molar-refractivity contribution >= 4 is 23.5 Å². The molecule has 0 aromatic carbocycles. The van der Waals surface area contributed by atoms with Crippen LogP contribution in [0.15, 0.2) is 49.7 Å². The highest BCUT2D eigenvalue weighted by Crippen LogP contribution is 2.52. The fourth-order valence-electron chi connectivity index (χ4n) is 12.9. The second-order valence-electron chi connectivity index (χ2n) is 18.6. The monoisotopic (exact) mass is 734 g/mol. The van der Waals surface area contributed by atoms with Crippen molar-refractivity contribution in [1.82, 2.24) is 4.90 Å². The highest BCUT2D eigenvalue weighted by molar-refractivity contribution is 8.04. The summed E-state index contributed by atoms with van der Waals surface area (Å²) < 4.78 is 6.55. The quantitative estimate of drug-likeness (QED) is 0.272. The minimum Gasteiger partial charge on any atom is -0.465 e. The van der Waals surface area contributed by atoms with E-state index < -0.39 is 0 Å². The Morgan fingerprint density at radius 1 is 0.635 bits per heavy atom. The maximum atomic E-state index is 9.53. The predicted molar refractivity (Wildman–Crippen MR) is 217 cm³/mol. The highest BCUT2D eigenvalue weighted by Gasteiger charge is 2.42. The summed E-state index contributed by atoms with van der Waals surface area (Å²) in [4.78, 5) is 6.72. The molecule has 0 saturated heterocycles. The van der Waals surface area contributed by atoms with Crippen LogP contribution in [0.25, 0.3) is 0 Å². The first kappa shape index (κ1) is 34.8. The van der Waals surface area contributed by atoms with Gasteiger partial charge in [0.15, 0.2) is 0 Å². The van der Waals surface area contributed by atoms with Gasteiger partial charge in [0.05, 0.1) is 12.0 Å². The molecular formula is C47H62N2OS2. The SMILES string of the molecule is N#CC1CCc2c(oc3c2CCC(C2C=CC(N(C4CCC(C5CC6=C(CCC=C6)S5)CC4)C4CCC(C5CC6=C(CCCC6)S5)CC4)CC2)C3)C1. The van der Waals surface area contributed by atoms with Gasteiger partial charge >= 0.3 is 0 Å². The van der Waals surface area contributed by atoms with Crippen molar-refractivity contribution in [1.29, 1.82) is 5.26 Å². The van der Waals surface area contributed by atoms with Crippen LogP contribution in [0.5, 0.6) is 0 Å². The Bertz CT molecular complexity index is 1640. The Morgan fingerprint density at radius 3 is 2.06 bits per heavy atom. The van der Waals surface area contributed by atoms with Crippen LogP contribution in [0.3, 0.4) is 0 Å². The summed E-state index contributed by atoms with van der Waals surface area (Å²) in [6.45, 7) is 0. The third-order valence-electron chi connectivity index (χ3n) is 15.8. The van der Waals surface area contributed by atoms with Gasteiger partial charge in [-0.1, -0.05) is 29.9 Å². The number of hydrogen-bond donors (Lipinski definition) is 0. The van der Waals surface area contributed by atoms with E-state index in [2.05, 4.69) is 58.8 Å². The summed E-state index contributed by atoms with van der Waals surface area (Å²) in [7, 11) is 0. The topological polar surface area (TPSA) is 40.2 Å². The molecule has 7 aliphatic carbocycles. The van der Waals surface area contributed by atoms with Crippen LogP contribution in [0.1, 0.15) is 151 Å². The lowest BCUT2D eigenvalue weighted by Crippen LogP contribution is -2.52. The maximum Gasteiger partial charge on any atom is 0.108 e. The number of rotatable bonds is 6. The lowest BCUT2D eigenvalue weighted by atomic mass is 9.73. The van der Waals surface area contributed by atoms with Crippen LogP contribution in [0, 0.1) is 40.9 Å². The molecule has 1 aromatic heterocycles. The molecule has 278 valence electrons. The Morgan fingerprint density at radius 2 is 1.35 bits per heavy atom. The summed E-state index contributed by atoms with van der Waals surface area (Å²) in [6, 6.07) is 4.70. The van der Waals surface area contributed by atoms with E-state index in [0.29, 0.717) is 17.9 Å². The number of thioether (sulfide) groups is 2. The van der Waals surface area contributed by atoms with Gasteiger partial charge in [-0.05, 0) is 191 Å². The van der Waals surface area contributed by atoms with Crippen LogP contribution < -0.4 is 0 Å². The van der Waals surface area contributed by atoms with E-state index in [-0.39, 0.29) is 5.92 Å². The molecular weight excluding hydrogens is 673 g/mol. The van der Waals surface area contributed by atoms with Gasteiger partial charge in [0, 0.05) is 41.5 Å². The Kier molecular flexibility index (Phi) is 10.1. The van der Waals surface area contributed by atoms with Crippen LogP contribution in [-0.4, -0.2) is 33.5 Å². The fraction of sp³-hybridized carbons (Fsp3) is 0.723. The van der Waals surface area contributed by atoms with Crippen molar-refractivity contribution in [3.05, 3.63) is 67.9 Å². The predicted octanol–water partition coefficient (Wildman–Crippen LogP) is 12.2. The molecule has 6 unspecified atom stereocenters. The molecule has 0 bridgehead atoms. The molecule has 0 spiro atoms. The van der Waals surface area contributed by atoms with Crippen molar-refractivity contribution < 1.29 is 4.42 Å². The summed E-state index contributed by atoms with van der Waals surface area (Å²) >= 11 is 4.61. The first-order valence-corrected chi connectivity index (χ1v) is 23.8. The molecule has 9 aliphatic rings. The smallest absolute Gasteiger partial charge is 0.108 e. The average molecular weight is 735 g/mol. The Hall–Kier alpha value is -1.61. The van der Waals surface area contributed by atoms with Gasteiger partial charge in [-0.15, -0.1) is 23.5 Å². The van der Waals surface area contributed by atoms with E-state index in [1.165, 1.54) is 145 Å². The molecule has 3 heterocycles. The molecule has 0 N–H and O–H groups in total. The number of allylic oxidation sites excluding steroid dienone is 7. The summed E-state index contributed by atoms with van der Waals surface area (Å²) in [6.07, 6.45) is 42.0. The van der Waals surface area contributed by atoms with E-state index in [9.17, 15) is 5.26 Å². The largest absolute Gasteiger partial charge is 0.465 e. The Balaban J connectivity index is 0.808. The second kappa shape index (κ2) is 15.1. The van der Waals surface area contributed by atoms with Crippen LogP contribution in [0.4, 0.5) is 0 Å². The lowest BCUT2D eigenvalue weighted by Gasteiger charge is -2.49. The zero-order valence-electron chi connectivity index (χ0n) is 31.7. The standard InChI is InChI=1S/C47H62N2OS2/c48-29-30-9-23-40-41-24-16-34(26-43(41)50-42(40)25-30)31-10-17-37(18-11-31)49(38-19-12-32(13-20-38)46-27-35-5-1-3-7-44(35)51-46)39-21-14-33(15-22-39)47-28-36-6-2-4-8-45(36)52-47/h1,5,10,17,30-34,37-39,46-47H,2-4,6-9,11-16,18-28H2. The van der Waals surface area contributed by atoms with E-state index in [1.54, 1.807) is 10.5 Å². The molecule has 3 nitrogen and oxygen atoms in total. The van der Waals surface area contributed by atoms with E-state index in [1.807, 2.05) is 10.5 Å². The maximum absolute atomic E-state index is 9.53. The van der Waals surface area contributed by atoms with Crippen LogP contribution in [-0.2, 0) is 25.7 Å². The van der Waals surface area contributed by atoms with Crippen LogP contribution >= 0.6 is 23.5 Å². The Labute approximate surface area is 323 Å². The van der Waals surface area contributed by atoms with E-state index in [4.69, 9.17) is 4.42 Å². The summed E-state index contributed by atoms with van der Waals surface area (Å²) in [5, 5.41) is 11.3. The molecule has 52 heavy (non-hydrogen) atoms. The molecule has 0 amide bonds. The number of nitriles is 1. The van der Waals surface area contributed by atoms with E-state index >= 15 is 0 Å². The number of fused-ring (bicyclic) bond motifs is 3. The van der Waals surface area contributed by atoms with Gasteiger partial charge < -0.3 is 4.42 Å². The molecule has 2 saturated carbocycles. The molecule has 2 aliphatic heterocycles. The first-order valence-electron chi connectivity index (χ1n) is 22.1. The molecule has 0 radical (unpaired) electrons. The van der Waals surface area contributed by atoms with Crippen molar-refractivity contribution in [2.75, 3.05) is 0 Å².